The van der Waals surface area contributed by atoms with E-state index in [1.807, 2.05) is 33.8 Å². The molecule has 0 radical (unpaired) electrons. The Hall–Kier alpha value is -3.12. The van der Waals surface area contributed by atoms with Gasteiger partial charge in [0.1, 0.15) is 17.1 Å². The number of hydrogen-bond donors (Lipinski definition) is 1. The molecule has 32 heavy (non-hydrogen) atoms. The molecule has 170 valence electrons. The average molecular weight is 440 g/mol. The Labute approximate surface area is 188 Å². The van der Waals surface area contributed by atoms with E-state index in [9.17, 15) is 9.18 Å². The van der Waals surface area contributed by atoms with Gasteiger partial charge in [-0.2, -0.15) is 0 Å². The zero-order valence-corrected chi connectivity index (χ0v) is 19.3. The fraction of sp³-hybridized carbons (Fsp3) is 0.346. The van der Waals surface area contributed by atoms with Crippen molar-refractivity contribution < 1.29 is 23.1 Å². The third-order valence-electron chi connectivity index (χ3n) is 5.25. The number of nitrogens with one attached hydrogen (secondary N) is 1. The number of allylic oxidation sites excluding steroid dienone is 1. The van der Waals surface area contributed by atoms with Crippen LogP contribution in [0.15, 0.2) is 47.1 Å². The Balaban J connectivity index is 1.89. The molecule has 1 heterocycles. The van der Waals surface area contributed by atoms with Gasteiger partial charge in [0.25, 0.3) is 0 Å². The summed E-state index contributed by atoms with van der Waals surface area (Å²) in [7, 11) is 1.60. The van der Waals surface area contributed by atoms with E-state index in [1.54, 1.807) is 31.6 Å². The molecule has 0 aliphatic rings. The van der Waals surface area contributed by atoms with Crippen LogP contribution in [-0.2, 0) is 9.53 Å². The first-order valence-electron chi connectivity index (χ1n) is 10.7. The van der Waals surface area contributed by atoms with Crippen LogP contribution in [0.5, 0.6) is 5.75 Å². The zero-order valence-electron chi connectivity index (χ0n) is 19.3. The SMILES string of the molecule is COc1c(/C(C)=C/C(=O)NCCCOC(C)C)cc2c(-c3ccc(F)cc3)coc2c1C. The third-order valence-corrected chi connectivity index (χ3v) is 5.25. The highest BCUT2D eigenvalue weighted by Gasteiger charge is 2.18. The lowest BCUT2D eigenvalue weighted by molar-refractivity contribution is -0.116. The number of amides is 1. The maximum atomic E-state index is 13.4. The molecule has 6 heteroatoms. The molecule has 0 fully saturated rings. The van der Waals surface area contributed by atoms with Crippen LogP contribution in [0, 0.1) is 12.7 Å². The minimum Gasteiger partial charge on any atom is -0.496 e. The Morgan fingerprint density at radius 2 is 1.97 bits per heavy atom. The molecule has 3 rings (SSSR count). The molecule has 0 aliphatic carbocycles. The molecule has 3 aromatic rings. The molecule has 1 aromatic heterocycles. The fourth-order valence-corrected chi connectivity index (χ4v) is 3.65. The molecule has 0 atom stereocenters. The predicted molar refractivity (Wildman–Crippen MR) is 125 cm³/mol. The maximum Gasteiger partial charge on any atom is 0.244 e. The molecule has 1 amide bonds. The lowest BCUT2D eigenvalue weighted by Gasteiger charge is -2.13. The van der Waals surface area contributed by atoms with E-state index in [0.29, 0.717) is 24.5 Å². The summed E-state index contributed by atoms with van der Waals surface area (Å²) in [4.78, 5) is 12.4. The van der Waals surface area contributed by atoms with Crippen molar-refractivity contribution in [2.24, 2.45) is 0 Å². The highest BCUT2D eigenvalue weighted by molar-refractivity contribution is 6.01. The van der Waals surface area contributed by atoms with Crippen LogP contribution >= 0.6 is 0 Å². The van der Waals surface area contributed by atoms with Crippen molar-refractivity contribution in [3.05, 3.63) is 59.6 Å². The van der Waals surface area contributed by atoms with Crippen LogP contribution < -0.4 is 10.1 Å². The zero-order chi connectivity index (χ0) is 23.3. The van der Waals surface area contributed by atoms with Gasteiger partial charge in [0.05, 0.1) is 19.5 Å². The minimum absolute atomic E-state index is 0.169. The average Bonchev–Trinajstić information content (AvgIpc) is 3.18. The number of furan rings is 1. The van der Waals surface area contributed by atoms with Gasteiger partial charge in [-0.3, -0.25) is 4.79 Å². The number of carbonyl (C=O) groups excluding carboxylic acids is 1. The summed E-state index contributed by atoms with van der Waals surface area (Å²) in [6.45, 7) is 8.92. The Morgan fingerprint density at radius 3 is 2.62 bits per heavy atom. The van der Waals surface area contributed by atoms with E-state index in [2.05, 4.69) is 5.32 Å². The lowest BCUT2D eigenvalue weighted by Crippen LogP contribution is -2.23. The first-order valence-corrected chi connectivity index (χ1v) is 10.7. The quantitative estimate of drug-likeness (QED) is 0.334. The van der Waals surface area contributed by atoms with Crippen LogP contribution in [0.4, 0.5) is 4.39 Å². The molecule has 0 spiro atoms. The van der Waals surface area contributed by atoms with Crippen LogP contribution in [0.1, 0.15) is 38.3 Å². The van der Waals surface area contributed by atoms with E-state index in [1.165, 1.54) is 12.1 Å². The maximum absolute atomic E-state index is 13.4. The number of fused-ring (bicyclic) bond motifs is 1. The number of carbonyl (C=O) groups is 1. The van der Waals surface area contributed by atoms with Crippen LogP contribution in [0.3, 0.4) is 0 Å². The van der Waals surface area contributed by atoms with Gasteiger partial charge in [0, 0.05) is 41.3 Å². The van der Waals surface area contributed by atoms with Crippen molar-refractivity contribution >= 4 is 22.4 Å². The van der Waals surface area contributed by atoms with Gasteiger partial charge in [-0.1, -0.05) is 12.1 Å². The highest BCUT2D eigenvalue weighted by Crippen LogP contribution is 2.40. The van der Waals surface area contributed by atoms with E-state index < -0.39 is 0 Å². The number of benzene rings is 2. The summed E-state index contributed by atoms with van der Waals surface area (Å²) in [5.41, 5.74) is 4.83. The number of rotatable bonds is 9. The van der Waals surface area contributed by atoms with Crippen molar-refractivity contribution in [1.82, 2.24) is 5.32 Å². The van der Waals surface area contributed by atoms with Crippen LogP contribution in [0.25, 0.3) is 27.7 Å². The van der Waals surface area contributed by atoms with Gasteiger partial charge in [-0.15, -0.1) is 0 Å². The van der Waals surface area contributed by atoms with Crippen molar-refractivity contribution in [2.75, 3.05) is 20.3 Å². The summed E-state index contributed by atoms with van der Waals surface area (Å²) < 4.78 is 30.3. The molecular formula is C26H30FNO4. The number of hydrogen-bond acceptors (Lipinski definition) is 4. The van der Waals surface area contributed by atoms with E-state index in [4.69, 9.17) is 13.9 Å². The van der Waals surface area contributed by atoms with Crippen molar-refractivity contribution in [3.8, 4) is 16.9 Å². The standard InChI is InChI=1S/C26H30FNO4/c1-16(2)31-12-6-11-28-24(29)13-17(3)21-14-22-23(19-7-9-20(27)10-8-19)15-32-26(22)18(4)25(21)30-5/h7-10,13-16H,6,11-12H2,1-5H3,(H,28,29)/b17-13+. The van der Waals surface area contributed by atoms with Gasteiger partial charge >= 0.3 is 0 Å². The summed E-state index contributed by atoms with van der Waals surface area (Å²) >= 11 is 0. The second kappa shape index (κ2) is 10.5. The van der Waals surface area contributed by atoms with Gasteiger partial charge < -0.3 is 19.2 Å². The van der Waals surface area contributed by atoms with Crippen LogP contribution in [0.2, 0.25) is 0 Å². The van der Waals surface area contributed by atoms with Crippen molar-refractivity contribution in [3.63, 3.8) is 0 Å². The number of methoxy groups -OCH3 is 1. The summed E-state index contributed by atoms with van der Waals surface area (Å²) in [6, 6.07) is 8.25. The Kier molecular flexibility index (Phi) is 7.70. The van der Waals surface area contributed by atoms with E-state index in [0.717, 1.165) is 39.6 Å². The third kappa shape index (κ3) is 5.37. The normalized spacial score (nSPS) is 11.9. The minimum atomic E-state index is -0.291. The Bertz CT molecular complexity index is 1110. The second-order valence-corrected chi connectivity index (χ2v) is 8.01. The first kappa shape index (κ1) is 23.5. The highest BCUT2D eigenvalue weighted by atomic mass is 19.1. The molecule has 0 unspecified atom stereocenters. The number of aryl methyl sites for hydroxylation is 1. The molecular weight excluding hydrogens is 409 g/mol. The lowest BCUT2D eigenvalue weighted by atomic mass is 9.96. The monoisotopic (exact) mass is 439 g/mol. The summed E-state index contributed by atoms with van der Waals surface area (Å²) in [5, 5.41) is 3.77. The van der Waals surface area contributed by atoms with Gasteiger partial charge in [0.2, 0.25) is 5.91 Å². The first-order chi connectivity index (χ1) is 15.3. The van der Waals surface area contributed by atoms with Crippen molar-refractivity contribution in [1.29, 1.82) is 0 Å². The molecule has 0 bridgehead atoms. The summed E-state index contributed by atoms with van der Waals surface area (Å²) in [6.07, 6.45) is 4.17. The van der Waals surface area contributed by atoms with Crippen LogP contribution in [-0.4, -0.2) is 32.3 Å². The molecule has 0 aliphatic heterocycles. The summed E-state index contributed by atoms with van der Waals surface area (Å²) in [5.74, 6) is 0.197. The van der Waals surface area contributed by atoms with Crippen molar-refractivity contribution in [2.45, 2.75) is 40.2 Å². The predicted octanol–water partition coefficient (Wildman–Crippen LogP) is 5.89. The smallest absolute Gasteiger partial charge is 0.244 e. The topological polar surface area (TPSA) is 60.7 Å². The number of ether oxygens (including phenoxy) is 2. The number of halogens is 1. The Morgan fingerprint density at radius 1 is 1.25 bits per heavy atom. The van der Waals surface area contributed by atoms with E-state index >= 15 is 0 Å². The molecule has 1 N–H and O–H groups in total. The molecule has 0 saturated heterocycles. The second-order valence-electron chi connectivity index (χ2n) is 8.01. The molecule has 0 saturated carbocycles. The fourth-order valence-electron chi connectivity index (χ4n) is 3.65. The largest absolute Gasteiger partial charge is 0.496 e. The molecule has 2 aromatic carbocycles. The van der Waals surface area contributed by atoms with Gasteiger partial charge in [-0.25, -0.2) is 4.39 Å². The van der Waals surface area contributed by atoms with Gasteiger partial charge in [-0.05, 0) is 63.5 Å². The molecule has 5 nitrogen and oxygen atoms in total. The van der Waals surface area contributed by atoms with Gasteiger partial charge in [0.15, 0.2) is 0 Å². The van der Waals surface area contributed by atoms with E-state index in [-0.39, 0.29) is 17.8 Å².